The van der Waals surface area contributed by atoms with Crippen LogP contribution in [0.4, 0.5) is 19.1 Å². The molecule has 6 nitrogen and oxygen atoms in total. The molecule has 2 aliphatic rings. The van der Waals surface area contributed by atoms with Crippen molar-refractivity contribution in [1.29, 1.82) is 0 Å². The summed E-state index contributed by atoms with van der Waals surface area (Å²) in [5.41, 5.74) is -1.15. The van der Waals surface area contributed by atoms with Gasteiger partial charge in [0.2, 0.25) is 5.95 Å². The van der Waals surface area contributed by atoms with Gasteiger partial charge in [0.15, 0.2) is 5.82 Å². The van der Waals surface area contributed by atoms with Gasteiger partial charge in [-0.15, -0.1) is 10.2 Å². The number of morpholine rings is 1. The highest BCUT2D eigenvalue weighted by Crippen LogP contribution is 2.34. The molecule has 2 heterocycles. The van der Waals surface area contributed by atoms with Gasteiger partial charge in [0, 0.05) is 19.6 Å². The Morgan fingerprint density at radius 3 is 2.54 bits per heavy atom. The Labute approximate surface area is 138 Å². The Hall–Kier alpha value is -1.35. The van der Waals surface area contributed by atoms with Crippen LogP contribution in [0.3, 0.4) is 0 Å². The Bertz CT molecular complexity index is 578. The topological polar surface area (TPSA) is 63.4 Å². The first-order chi connectivity index (χ1) is 11.1. The maximum absolute atomic E-state index is 12.6. The molecule has 0 amide bonds. The minimum Gasteiger partial charge on any atom is -0.382 e. The van der Waals surface area contributed by atoms with Crippen molar-refractivity contribution in [3.8, 4) is 0 Å². The fourth-order valence-corrected chi connectivity index (χ4v) is 2.99. The molecule has 1 atom stereocenters. The molecule has 3 rings (SSSR count). The smallest absolute Gasteiger partial charge is 0.382 e. The van der Waals surface area contributed by atoms with Crippen molar-refractivity contribution in [3.63, 3.8) is 0 Å². The third-order valence-electron chi connectivity index (χ3n) is 4.30. The van der Waals surface area contributed by atoms with Gasteiger partial charge in [-0.1, -0.05) is 0 Å². The first kappa shape index (κ1) is 17.5. The van der Waals surface area contributed by atoms with Crippen LogP contribution in [0, 0.1) is 5.92 Å². The van der Waals surface area contributed by atoms with Crippen LogP contribution < -0.4 is 4.90 Å². The molecule has 1 saturated carbocycles. The number of nitrogens with zero attached hydrogens (tertiary/aromatic N) is 4. The second-order valence-electron chi connectivity index (χ2n) is 7.19. The van der Waals surface area contributed by atoms with E-state index >= 15 is 0 Å². The third-order valence-corrected chi connectivity index (χ3v) is 4.30. The molecule has 1 aliphatic carbocycles. The van der Waals surface area contributed by atoms with E-state index in [2.05, 4.69) is 10.2 Å². The first-order valence-electron chi connectivity index (χ1n) is 8.23. The molecule has 0 spiro atoms. The van der Waals surface area contributed by atoms with Crippen molar-refractivity contribution >= 4 is 5.95 Å². The number of halogens is 3. The zero-order valence-electron chi connectivity index (χ0n) is 13.9. The summed E-state index contributed by atoms with van der Waals surface area (Å²) in [5.74, 6) is 1.49. The first-order valence-corrected chi connectivity index (χ1v) is 8.23. The van der Waals surface area contributed by atoms with Crippen molar-refractivity contribution in [3.05, 3.63) is 5.82 Å². The SMILES string of the molecule is CC(C)(O)c1nnc(N2CCOC(CC(F)(F)F)C2)n1CC1CC1. The highest BCUT2D eigenvalue weighted by Gasteiger charge is 2.37. The molecule has 1 aromatic rings. The minimum atomic E-state index is -4.26. The Morgan fingerprint density at radius 1 is 1.25 bits per heavy atom. The van der Waals surface area contributed by atoms with E-state index in [4.69, 9.17) is 4.74 Å². The van der Waals surface area contributed by atoms with Gasteiger partial charge in [0.05, 0.1) is 19.1 Å². The van der Waals surface area contributed by atoms with Crippen molar-refractivity contribution in [2.45, 2.75) is 57.5 Å². The largest absolute Gasteiger partial charge is 0.391 e. The van der Waals surface area contributed by atoms with E-state index < -0.39 is 24.3 Å². The number of anilines is 1. The highest BCUT2D eigenvalue weighted by molar-refractivity contribution is 5.33. The van der Waals surface area contributed by atoms with Crippen LogP contribution in [0.2, 0.25) is 0 Å². The van der Waals surface area contributed by atoms with Gasteiger partial charge < -0.3 is 14.7 Å². The molecule has 1 unspecified atom stereocenters. The predicted molar refractivity (Wildman–Crippen MR) is 80.6 cm³/mol. The van der Waals surface area contributed by atoms with Crippen LogP contribution in [0.25, 0.3) is 0 Å². The molecule has 1 saturated heterocycles. The lowest BCUT2D eigenvalue weighted by Crippen LogP contribution is -2.45. The number of rotatable bonds is 5. The number of hydrogen-bond donors (Lipinski definition) is 1. The lowest BCUT2D eigenvalue weighted by atomic mass is 10.1. The lowest BCUT2D eigenvalue weighted by molar-refractivity contribution is -0.161. The summed E-state index contributed by atoms with van der Waals surface area (Å²) >= 11 is 0. The van der Waals surface area contributed by atoms with Crippen molar-refractivity contribution in [1.82, 2.24) is 14.8 Å². The van der Waals surface area contributed by atoms with E-state index in [9.17, 15) is 18.3 Å². The fourth-order valence-electron chi connectivity index (χ4n) is 2.99. The molecule has 136 valence electrons. The van der Waals surface area contributed by atoms with Crippen LogP contribution in [0.5, 0.6) is 0 Å². The summed E-state index contributed by atoms with van der Waals surface area (Å²) in [7, 11) is 0. The monoisotopic (exact) mass is 348 g/mol. The van der Waals surface area contributed by atoms with Crippen LogP contribution in [0.1, 0.15) is 38.9 Å². The number of aromatic nitrogens is 3. The molecule has 1 aromatic heterocycles. The van der Waals surface area contributed by atoms with Crippen molar-refractivity contribution < 1.29 is 23.0 Å². The summed E-state index contributed by atoms with van der Waals surface area (Å²) in [6.07, 6.45) is -3.91. The third kappa shape index (κ3) is 4.18. The van der Waals surface area contributed by atoms with Crippen LogP contribution in [0.15, 0.2) is 0 Å². The zero-order valence-corrected chi connectivity index (χ0v) is 13.9. The van der Waals surface area contributed by atoms with E-state index in [-0.39, 0.29) is 13.2 Å². The second-order valence-corrected chi connectivity index (χ2v) is 7.19. The second kappa shape index (κ2) is 6.18. The zero-order chi connectivity index (χ0) is 17.5. The summed E-state index contributed by atoms with van der Waals surface area (Å²) in [6, 6.07) is 0. The number of ether oxygens (including phenoxy) is 1. The minimum absolute atomic E-state index is 0.119. The Kier molecular flexibility index (Phi) is 4.50. The van der Waals surface area contributed by atoms with Gasteiger partial charge in [-0.25, -0.2) is 0 Å². The molecule has 0 aromatic carbocycles. The Balaban J connectivity index is 1.81. The summed E-state index contributed by atoms with van der Waals surface area (Å²) in [4.78, 5) is 1.78. The molecule has 2 fully saturated rings. The van der Waals surface area contributed by atoms with E-state index in [0.29, 0.717) is 30.8 Å². The number of alkyl halides is 3. The number of hydrogen-bond acceptors (Lipinski definition) is 5. The molecular weight excluding hydrogens is 325 g/mol. The normalized spacial score (nSPS) is 22.9. The van der Waals surface area contributed by atoms with Gasteiger partial charge in [-0.05, 0) is 32.6 Å². The van der Waals surface area contributed by atoms with E-state index in [0.717, 1.165) is 12.8 Å². The lowest BCUT2D eigenvalue weighted by Gasteiger charge is -2.34. The van der Waals surface area contributed by atoms with Crippen LogP contribution in [-0.4, -0.2) is 51.8 Å². The predicted octanol–water partition coefficient (Wildman–Crippen LogP) is 2.07. The van der Waals surface area contributed by atoms with Gasteiger partial charge >= 0.3 is 6.18 Å². The van der Waals surface area contributed by atoms with E-state index in [1.54, 1.807) is 18.7 Å². The van der Waals surface area contributed by atoms with Gasteiger partial charge in [0.25, 0.3) is 0 Å². The van der Waals surface area contributed by atoms with Crippen LogP contribution >= 0.6 is 0 Å². The molecule has 24 heavy (non-hydrogen) atoms. The van der Waals surface area contributed by atoms with Gasteiger partial charge in [-0.3, -0.25) is 4.57 Å². The van der Waals surface area contributed by atoms with E-state index in [1.165, 1.54) is 0 Å². The maximum atomic E-state index is 12.6. The highest BCUT2D eigenvalue weighted by atomic mass is 19.4. The maximum Gasteiger partial charge on any atom is 0.391 e. The fraction of sp³-hybridized carbons (Fsp3) is 0.867. The molecule has 0 bridgehead atoms. The molecule has 1 aliphatic heterocycles. The van der Waals surface area contributed by atoms with Crippen molar-refractivity contribution in [2.75, 3.05) is 24.6 Å². The van der Waals surface area contributed by atoms with E-state index in [1.807, 2.05) is 4.57 Å². The average Bonchev–Trinajstić information content (AvgIpc) is 3.13. The molecule has 0 radical (unpaired) electrons. The molecular formula is C15H23F3N4O2. The van der Waals surface area contributed by atoms with Gasteiger partial charge in [0.1, 0.15) is 5.60 Å². The number of aliphatic hydroxyl groups is 1. The standard InChI is InChI=1S/C15H23F3N4O2/c1-14(2,23)12-19-20-13(22(12)8-10-3-4-10)21-5-6-24-11(9-21)7-15(16,17)18/h10-11,23H,3-9H2,1-2H3. The Morgan fingerprint density at radius 2 is 1.96 bits per heavy atom. The van der Waals surface area contributed by atoms with Crippen molar-refractivity contribution in [2.24, 2.45) is 5.92 Å². The average molecular weight is 348 g/mol. The summed E-state index contributed by atoms with van der Waals surface area (Å²) < 4.78 is 45.0. The molecule has 1 N–H and O–H groups in total. The summed E-state index contributed by atoms with van der Waals surface area (Å²) in [6.45, 7) is 4.75. The quantitative estimate of drug-likeness (QED) is 0.883. The van der Waals surface area contributed by atoms with Gasteiger partial charge in [-0.2, -0.15) is 13.2 Å². The summed E-state index contributed by atoms with van der Waals surface area (Å²) in [5, 5.41) is 18.6. The van der Waals surface area contributed by atoms with Crippen LogP contribution in [-0.2, 0) is 16.9 Å². The molecule has 9 heteroatoms.